The molecule has 0 radical (unpaired) electrons. The highest BCUT2D eigenvalue weighted by atomic mass is 16.2. The van der Waals surface area contributed by atoms with Crippen LogP contribution in [-0.2, 0) is 4.79 Å². The fraction of sp³-hybridized carbons (Fsp3) is 0.467. The fourth-order valence-corrected chi connectivity index (χ4v) is 2.06. The highest BCUT2D eigenvalue weighted by Gasteiger charge is 2.25. The summed E-state index contributed by atoms with van der Waals surface area (Å²) in [4.78, 5) is 18.5. The summed E-state index contributed by atoms with van der Waals surface area (Å²) in [7, 11) is 0. The standard InChI is InChI=1S/C15H20N2O/c1-11(2)8-9-17-14-7-5-4-6-13(14)10-16-12(3)15(17)18/h4-7,10-12H,8-9H2,1-3H3. The minimum Gasteiger partial charge on any atom is -0.310 e. The molecule has 1 aromatic carbocycles. The van der Waals surface area contributed by atoms with E-state index in [-0.39, 0.29) is 11.9 Å². The lowest BCUT2D eigenvalue weighted by Crippen LogP contribution is -2.37. The zero-order valence-corrected chi connectivity index (χ0v) is 11.3. The number of amides is 1. The molecule has 0 bridgehead atoms. The van der Waals surface area contributed by atoms with E-state index in [2.05, 4.69) is 18.8 Å². The summed E-state index contributed by atoms with van der Waals surface area (Å²) in [5, 5.41) is 0. The molecule has 18 heavy (non-hydrogen) atoms. The van der Waals surface area contributed by atoms with Gasteiger partial charge in [0.05, 0.1) is 5.69 Å². The van der Waals surface area contributed by atoms with Gasteiger partial charge in [0, 0.05) is 18.3 Å². The molecule has 3 nitrogen and oxygen atoms in total. The van der Waals surface area contributed by atoms with Crippen LogP contribution in [0, 0.1) is 5.92 Å². The number of aliphatic imine (C=N–C) groups is 1. The van der Waals surface area contributed by atoms with Crippen molar-refractivity contribution in [2.24, 2.45) is 10.9 Å². The summed E-state index contributed by atoms with van der Waals surface area (Å²) in [6, 6.07) is 7.67. The van der Waals surface area contributed by atoms with Gasteiger partial charge in [-0.15, -0.1) is 0 Å². The monoisotopic (exact) mass is 244 g/mol. The molecule has 1 aliphatic rings. The number of benzene rings is 1. The number of fused-ring (bicyclic) bond motifs is 1. The van der Waals surface area contributed by atoms with Crippen LogP contribution >= 0.6 is 0 Å². The molecule has 1 atom stereocenters. The van der Waals surface area contributed by atoms with Crippen LogP contribution in [0.2, 0.25) is 0 Å². The van der Waals surface area contributed by atoms with Gasteiger partial charge in [-0.25, -0.2) is 0 Å². The van der Waals surface area contributed by atoms with Crippen molar-refractivity contribution < 1.29 is 4.79 Å². The number of hydrogen-bond donors (Lipinski definition) is 0. The van der Waals surface area contributed by atoms with Crippen LogP contribution < -0.4 is 4.90 Å². The largest absolute Gasteiger partial charge is 0.310 e. The lowest BCUT2D eigenvalue weighted by Gasteiger charge is -2.25. The first kappa shape index (κ1) is 12.8. The number of benzodiazepines with no additional fused rings is 1. The van der Waals surface area contributed by atoms with E-state index >= 15 is 0 Å². The van der Waals surface area contributed by atoms with Crippen molar-refractivity contribution in [3.8, 4) is 0 Å². The maximum absolute atomic E-state index is 12.3. The van der Waals surface area contributed by atoms with Gasteiger partial charge in [-0.2, -0.15) is 0 Å². The van der Waals surface area contributed by atoms with Gasteiger partial charge >= 0.3 is 0 Å². The van der Waals surface area contributed by atoms with Gasteiger partial charge < -0.3 is 4.90 Å². The maximum atomic E-state index is 12.3. The Labute approximate surface area is 109 Å². The van der Waals surface area contributed by atoms with E-state index in [4.69, 9.17) is 0 Å². The van der Waals surface area contributed by atoms with Gasteiger partial charge in [-0.3, -0.25) is 9.79 Å². The number of para-hydroxylation sites is 1. The molecule has 1 aromatic rings. The summed E-state index contributed by atoms with van der Waals surface area (Å²) in [5.41, 5.74) is 2.01. The Morgan fingerprint density at radius 2 is 2.06 bits per heavy atom. The van der Waals surface area contributed by atoms with Crippen molar-refractivity contribution >= 4 is 17.8 Å². The molecular formula is C15H20N2O. The first-order valence-electron chi connectivity index (χ1n) is 6.53. The summed E-state index contributed by atoms with van der Waals surface area (Å²) in [6.45, 7) is 6.97. The molecule has 1 heterocycles. The Morgan fingerprint density at radius 1 is 1.33 bits per heavy atom. The Balaban J connectivity index is 2.33. The Morgan fingerprint density at radius 3 is 2.78 bits per heavy atom. The van der Waals surface area contributed by atoms with Crippen molar-refractivity contribution in [2.45, 2.75) is 33.2 Å². The minimum atomic E-state index is -0.287. The highest BCUT2D eigenvalue weighted by Crippen LogP contribution is 2.24. The molecule has 0 spiro atoms. The average molecular weight is 244 g/mol. The van der Waals surface area contributed by atoms with Crippen molar-refractivity contribution in [1.82, 2.24) is 0 Å². The zero-order chi connectivity index (χ0) is 13.1. The second-order valence-electron chi connectivity index (χ2n) is 5.19. The molecule has 0 fully saturated rings. The Kier molecular flexibility index (Phi) is 3.80. The van der Waals surface area contributed by atoms with Crippen molar-refractivity contribution in [3.05, 3.63) is 29.8 Å². The zero-order valence-electron chi connectivity index (χ0n) is 11.3. The normalized spacial score (nSPS) is 19.0. The van der Waals surface area contributed by atoms with Crippen LogP contribution in [0.4, 0.5) is 5.69 Å². The lowest BCUT2D eigenvalue weighted by molar-refractivity contribution is -0.119. The highest BCUT2D eigenvalue weighted by molar-refractivity contribution is 6.04. The summed E-state index contributed by atoms with van der Waals surface area (Å²) in [5.74, 6) is 0.682. The molecule has 0 saturated heterocycles. The van der Waals surface area contributed by atoms with Crippen LogP contribution in [0.3, 0.4) is 0 Å². The van der Waals surface area contributed by atoms with Crippen molar-refractivity contribution in [1.29, 1.82) is 0 Å². The maximum Gasteiger partial charge on any atom is 0.251 e. The van der Waals surface area contributed by atoms with Gasteiger partial charge in [-0.1, -0.05) is 32.0 Å². The van der Waals surface area contributed by atoms with E-state index in [9.17, 15) is 4.79 Å². The lowest BCUT2D eigenvalue weighted by atomic mass is 10.1. The molecule has 0 N–H and O–H groups in total. The van der Waals surface area contributed by atoms with Gasteiger partial charge in [0.1, 0.15) is 6.04 Å². The molecule has 2 rings (SSSR count). The number of carbonyl (C=O) groups excluding carboxylic acids is 1. The summed E-state index contributed by atoms with van der Waals surface area (Å²) < 4.78 is 0. The summed E-state index contributed by atoms with van der Waals surface area (Å²) >= 11 is 0. The second kappa shape index (κ2) is 5.34. The smallest absolute Gasteiger partial charge is 0.251 e. The van der Waals surface area contributed by atoms with Crippen molar-refractivity contribution in [2.75, 3.05) is 11.4 Å². The quantitative estimate of drug-likeness (QED) is 0.804. The average Bonchev–Trinajstić information content (AvgIpc) is 2.47. The van der Waals surface area contributed by atoms with E-state index in [0.717, 1.165) is 24.2 Å². The predicted molar refractivity (Wildman–Crippen MR) is 75.3 cm³/mol. The molecule has 1 aliphatic heterocycles. The molecule has 96 valence electrons. The van der Waals surface area contributed by atoms with Crippen LogP contribution in [0.5, 0.6) is 0 Å². The summed E-state index contributed by atoms with van der Waals surface area (Å²) in [6.07, 6.45) is 2.82. The first-order valence-corrected chi connectivity index (χ1v) is 6.53. The topological polar surface area (TPSA) is 32.7 Å². The Bertz CT molecular complexity index is 465. The second-order valence-corrected chi connectivity index (χ2v) is 5.19. The van der Waals surface area contributed by atoms with Crippen LogP contribution in [-0.4, -0.2) is 24.7 Å². The minimum absolute atomic E-state index is 0.0943. The Hall–Kier alpha value is -1.64. The van der Waals surface area contributed by atoms with Crippen molar-refractivity contribution in [3.63, 3.8) is 0 Å². The number of anilines is 1. The van der Waals surface area contributed by atoms with Crippen LogP contribution in [0.25, 0.3) is 0 Å². The number of rotatable bonds is 3. The third-order valence-electron chi connectivity index (χ3n) is 3.22. The third kappa shape index (κ3) is 2.61. The molecular weight excluding hydrogens is 224 g/mol. The SMILES string of the molecule is CC(C)CCN1C(=O)C(C)N=Cc2ccccc21. The molecule has 0 aromatic heterocycles. The van der Waals surface area contributed by atoms with Crippen LogP contribution in [0.15, 0.2) is 29.3 Å². The van der Waals surface area contributed by atoms with Crippen LogP contribution in [0.1, 0.15) is 32.8 Å². The van der Waals surface area contributed by atoms with Gasteiger partial charge in [-0.05, 0) is 25.3 Å². The number of hydrogen-bond acceptors (Lipinski definition) is 2. The van der Waals surface area contributed by atoms with Gasteiger partial charge in [0.2, 0.25) is 0 Å². The van der Waals surface area contributed by atoms with E-state index in [0.29, 0.717) is 5.92 Å². The van der Waals surface area contributed by atoms with E-state index in [1.54, 1.807) is 0 Å². The number of nitrogens with zero attached hydrogens (tertiary/aromatic N) is 2. The van der Waals surface area contributed by atoms with E-state index in [1.165, 1.54) is 0 Å². The molecule has 0 saturated carbocycles. The molecule has 0 aliphatic carbocycles. The third-order valence-corrected chi connectivity index (χ3v) is 3.22. The number of carbonyl (C=O) groups is 1. The van der Waals surface area contributed by atoms with Gasteiger partial charge in [0.25, 0.3) is 5.91 Å². The molecule has 1 amide bonds. The molecule has 3 heteroatoms. The first-order chi connectivity index (χ1) is 8.59. The van der Waals surface area contributed by atoms with Gasteiger partial charge in [0.15, 0.2) is 0 Å². The predicted octanol–water partition coefficient (Wildman–Crippen LogP) is 2.89. The van der Waals surface area contributed by atoms with E-state index < -0.39 is 0 Å². The van der Waals surface area contributed by atoms with E-state index in [1.807, 2.05) is 42.3 Å². The fourth-order valence-electron chi connectivity index (χ4n) is 2.06. The molecule has 1 unspecified atom stereocenters.